The van der Waals surface area contributed by atoms with E-state index in [4.69, 9.17) is 0 Å². The first-order valence-corrected chi connectivity index (χ1v) is 10.2. The van der Waals surface area contributed by atoms with Crippen LogP contribution in [0.5, 0.6) is 0 Å². The number of aryl methyl sites for hydroxylation is 1. The molecule has 0 N–H and O–H groups in total. The molecule has 0 spiro atoms. The van der Waals surface area contributed by atoms with Gasteiger partial charge in [0.05, 0.1) is 0 Å². The third-order valence-electron chi connectivity index (χ3n) is 3.92. The smallest absolute Gasteiger partial charge is 0.0237 e. The summed E-state index contributed by atoms with van der Waals surface area (Å²) in [6, 6.07) is 19.7. The fraction of sp³-hybridized carbons (Fsp3) is 0.500. The third kappa shape index (κ3) is 10.4. The van der Waals surface area contributed by atoms with Crippen molar-refractivity contribution in [2.24, 2.45) is 0 Å². The monoisotopic (exact) mass is 356 g/mol. The van der Waals surface area contributed by atoms with Crippen LogP contribution in [0.25, 0.3) is 0 Å². The van der Waals surface area contributed by atoms with Gasteiger partial charge in [-0.05, 0) is 37.2 Å². The molecule has 2 aromatic carbocycles. The predicted octanol–water partition coefficient (Wildman–Crippen LogP) is 5.87. The Morgan fingerprint density at radius 1 is 0.654 bits per heavy atom. The number of likely N-dealkylation sites (N-methyl/N-ethyl adjacent to an activating group) is 1. The summed E-state index contributed by atoms with van der Waals surface area (Å²) in [5.41, 5.74) is 4.21. The molecule has 0 atom stereocenters. The van der Waals surface area contributed by atoms with E-state index in [9.17, 15) is 0 Å². The van der Waals surface area contributed by atoms with Crippen molar-refractivity contribution in [1.29, 1.82) is 0 Å². The standard InChI is InChI=1S/C20H28N2.2C2H6/c1-4-18-11-8-12-20(15-18)17-22(14-13-21(2)3)16-19-9-6-5-7-10-19;2*1-2/h5-12,15H,4,13-14,16-17H2,1-3H3;2*1-2H3. The highest BCUT2D eigenvalue weighted by molar-refractivity contribution is 5.23. The van der Waals surface area contributed by atoms with Gasteiger partial charge in [-0.1, -0.05) is 89.2 Å². The fourth-order valence-corrected chi connectivity index (χ4v) is 2.60. The molecule has 0 aliphatic rings. The molecule has 0 bridgehead atoms. The van der Waals surface area contributed by atoms with Crippen LogP contribution >= 0.6 is 0 Å². The second-order valence-corrected chi connectivity index (χ2v) is 6.17. The first-order chi connectivity index (χ1) is 12.7. The molecule has 0 heterocycles. The van der Waals surface area contributed by atoms with Gasteiger partial charge in [0.15, 0.2) is 0 Å². The summed E-state index contributed by atoms with van der Waals surface area (Å²) in [7, 11) is 4.27. The first kappa shape index (κ1) is 24.4. The maximum absolute atomic E-state index is 2.53. The molecule has 0 unspecified atom stereocenters. The molecule has 0 aliphatic carbocycles. The Morgan fingerprint density at radius 2 is 1.19 bits per heavy atom. The predicted molar refractivity (Wildman–Crippen MR) is 118 cm³/mol. The summed E-state index contributed by atoms with van der Waals surface area (Å²) in [5, 5.41) is 0. The van der Waals surface area contributed by atoms with Crippen molar-refractivity contribution < 1.29 is 0 Å². The topological polar surface area (TPSA) is 6.48 Å². The van der Waals surface area contributed by atoms with Gasteiger partial charge in [0.2, 0.25) is 0 Å². The van der Waals surface area contributed by atoms with Gasteiger partial charge < -0.3 is 4.90 Å². The van der Waals surface area contributed by atoms with Crippen LogP contribution in [0.2, 0.25) is 0 Å². The highest BCUT2D eigenvalue weighted by Gasteiger charge is 2.08. The van der Waals surface area contributed by atoms with Crippen molar-refractivity contribution in [3.8, 4) is 0 Å². The minimum Gasteiger partial charge on any atom is -0.308 e. The molecule has 26 heavy (non-hydrogen) atoms. The Balaban J connectivity index is 0.00000146. The molecular formula is C24H40N2. The van der Waals surface area contributed by atoms with Crippen molar-refractivity contribution >= 4 is 0 Å². The zero-order chi connectivity index (χ0) is 19.8. The van der Waals surface area contributed by atoms with Gasteiger partial charge in [0.1, 0.15) is 0 Å². The molecule has 0 fully saturated rings. The van der Waals surface area contributed by atoms with Crippen molar-refractivity contribution in [1.82, 2.24) is 9.80 Å². The molecule has 0 saturated heterocycles. The summed E-state index contributed by atoms with van der Waals surface area (Å²) in [6.07, 6.45) is 1.10. The van der Waals surface area contributed by atoms with E-state index in [1.807, 2.05) is 27.7 Å². The van der Waals surface area contributed by atoms with Crippen LogP contribution in [0.3, 0.4) is 0 Å². The molecule has 146 valence electrons. The molecule has 0 saturated carbocycles. The quantitative estimate of drug-likeness (QED) is 0.584. The minimum atomic E-state index is 1.00. The molecule has 0 radical (unpaired) electrons. The second-order valence-electron chi connectivity index (χ2n) is 6.17. The minimum absolute atomic E-state index is 1.00. The highest BCUT2D eigenvalue weighted by Crippen LogP contribution is 2.12. The molecular weight excluding hydrogens is 316 g/mol. The number of hydrogen-bond acceptors (Lipinski definition) is 2. The molecule has 2 heteroatoms. The summed E-state index contributed by atoms with van der Waals surface area (Å²) >= 11 is 0. The van der Waals surface area contributed by atoms with Crippen LogP contribution in [0, 0.1) is 0 Å². The summed E-state index contributed by atoms with van der Waals surface area (Å²) in [6.45, 7) is 14.4. The zero-order valence-corrected chi connectivity index (χ0v) is 18.1. The van der Waals surface area contributed by atoms with E-state index in [-0.39, 0.29) is 0 Å². The average molecular weight is 357 g/mol. The number of hydrogen-bond donors (Lipinski definition) is 0. The van der Waals surface area contributed by atoms with E-state index in [1.165, 1.54) is 16.7 Å². The molecule has 0 aromatic heterocycles. The van der Waals surface area contributed by atoms with E-state index in [0.29, 0.717) is 0 Å². The fourth-order valence-electron chi connectivity index (χ4n) is 2.60. The largest absolute Gasteiger partial charge is 0.308 e. The van der Waals surface area contributed by atoms with Crippen molar-refractivity contribution in [2.45, 2.75) is 54.1 Å². The van der Waals surface area contributed by atoms with Gasteiger partial charge in [-0.2, -0.15) is 0 Å². The Bertz CT molecular complexity index is 549. The lowest BCUT2D eigenvalue weighted by atomic mass is 10.1. The van der Waals surface area contributed by atoms with Crippen molar-refractivity contribution in [2.75, 3.05) is 27.2 Å². The normalized spacial score (nSPS) is 10.0. The SMILES string of the molecule is CC.CC.CCc1cccc(CN(CCN(C)C)Cc2ccccc2)c1. The lowest BCUT2D eigenvalue weighted by Gasteiger charge is -2.24. The number of rotatable bonds is 8. The average Bonchev–Trinajstić information content (AvgIpc) is 2.70. The maximum Gasteiger partial charge on any atom is 0.0237 e. The van der Waals surface area contributed by atoms with Crippen LogP contribution in [0.4, 0.5) is 0 Å². The van der Waals surface area contributed by atoms with Gasteiger partial charge in [-0.3, -0.25) is 4.90 Å². The lowest BCUT2D eigenvalue weighted by Crippen LogP contribution is -2.31. The Kier molecular flexibility index (Phi) is 14.6. The molecule has 2 nitrogen and oxygen atoms in total. The van der Waals surface area contributed by atoms with E-state index < -0.39 is 0 Å². The maximum atomic E-state index is 2.53. The van der Waals surface area contributed by atoms with Crippen LogP contribution in [0.15, 0.2) is 54.6 Å². The van der Waals surface area contributed by atoms with E-state index in [2.05, 4.69) is 85.4 Å². The number of nitrogens with zero attached hydrogens (tertiary/aromatic N) is 2. The Hall–Kier alpha value is -1.64. The Labute approximate surface area is 162 Å². The zero-order valence-electron chi connectivity index (χ0n) is 18.1. The van der Waals surface area contributed by atoms with Gasteiger partial charge in [0, 0.05) is 26.2 Å². The highest BCUT2D eigenvalue weighted by atomic mass is 15.2. The first-order valence-electron chi connectivity index (χ1n) is 10.2. The van der Waals surface area contributed by atoms with Gasteiger partial charge in [-0.15, -0.1) is 0 Å². The molecule has 0 amide bonds. The number of benzene rings is 2. The summed E-state index contributed by atoms with van der Waals surface area (Å²) < 4.78 is 0. The second kappa shape index (κ2) is 15.6. The van der Waals surface area contributed by atoms with Crippen LogP contribution in [0.1, 0.15) is 51.3 Å². The van der Waals surface area contributed by atoms with E-state index in [0.717, 1.165) is 32.6 Å². The van der Waals surface area contributed by atoms with Gasteiger partial charge in [0.25, 0.3) is 0 Å². The van der Waals surface area contributed by atoms with Crippen LogP contribution in [-0.4, -0.2) is 37.0 Å². The third-order valence-corrected chi connectivity index (χ3v) is 3.92. The van der Waals surface area contributed by atoms with Crippen LogP contribution in [-0.2, 0) is 19.5 Å². The van der Waals surface area contributed by atoms with E-state index >= 15 is 0 Å². The molecule has 2 aromatic rings. The molecule has 0 aliphatic heterocycles. The summed E-state index contributed by atoms with van der Waals surface area (Å²) in [5.74, 6) is 0. The van der Waals surface area contributed by atoms with Crippen molar-refractivity contribution in [3.05, 3.63) is 71.3 Å². The van der Waals surface area contributed by atoms with Crippen LogP contribution < -0.4 is 0 Å². The summed E-state index contributed by atoms with van der Waals surface area (Å²) in [4.78, 5) is 4.78. The van der Waals surface area contributed by atoms with Crippen molar-refractivity contribution in [3.63, 3.8) is 0 Å². The lowest BCUT2D eigenvalue weighted by molar-refractivity contribution is 0.226. The molecule has 2 rings (SSSR count). The van der Waals surface area contributed by atoms with Gasteiger partial charge >= 0.3 is 0 Å². The van der Waals surface area contributed by atoms with E-state index in [1.54, 1.807) is 0 Å². The Morgan fingerprint density at radius 3 is 1.77 bits per heavy atom. The van der Waals surface area contributed by atoms with Gasteiger partial charge in [-0.25, -0.2) is 0 Å².